The molecule has 18 heavy (non-hydrogen) atoms. The third-order valence-electron chi connectivity index (χ3n) is 2.66. The number of amides is 1. The van der Waals surface area contributed by atoms with E-state index in [0.29, 0.717) is 17.9 Å². The largest absolute Gasteiger partial charge is 0.356 e. The molecule has 0 aliphatic rings. The van der Waals surface area contributed by atoms with E-state index in [0.717, 1.165) is 12.0 Å². The fraction of sp³-hybridized carbons (Fsp3) is 0.462. The first-order chi connectivity index (χ1) is 8.54. The quantitative estimate of drug-likeness (QED) is 0.604. The van der Waals surface area contributed by atoms with Gasteiger partial charge in [-0.25, -0.2) is 4.79 Å². The molecule has 0 saturated carbocycles. The Hall–Kier alpha value is -1.91. The van der Waals surface area contributed by atoms with E-state index in [4.69, 9.17) is 0 Å². The van der Waals surface area contributed by atoms with Gasteiger partial charge in [-0.1, -0.05) is 12.2 Å². The summed E-state index contributed by atoms with van der Waals surface area (Å²) >= 11 is 0. The van der Waals surface area contributed by atoms with Crippen molar-refractivity contribution in [2.45, 2.75) is 33.6 Å². The van der Waals surface area contributed by atoms with Gasteiger partial charge in [0.05, 0.1) is 6.42 Å². The van der Waals surface area contributed by atoms with Gasteiger partial charge in [0.1, 0.15) is 0 Å². The summed E-state index contributed by atoms with van der Waals surface area (Å²) in [5.41, 5.74) is 1.73. The first kappa shape index (κ1) is 14.2. The van der Waals surface area contributed by atoms with Crippen LogP contribution >= 0.6 is 0 Å². The van der Waals surface area contributed by atoms with Crippen molar-refractivity contribution in [3.8, 4) is 0 Å². The van der Waals surface area contributed by atoms with Gasteiger partial charge in [0.15, 0.2) is 0 Å². The Bertz CT molecular complexity index is 477. The number of aromatic amines is 1. The lowest BCUT2D eigenvalue weighted by atomic mass is 10.1. The van der Waals surface area contributed by atoms with E-state index >= 15 is 0 Å². The van der Waals surface area contributed by atoms with Gasteiger partial charge in [-0.3, -0.25) is 4.79 Å². The van der Waals surface area contributed by atoms with E-state index in [-0.39, 0.29) is 18.0 Å². The van der Waals surface area contributed by atoms with Crippen LogP contribution in [-0.4, -0.2) is 22.4 Å². The summed E-state index contributed by atoms with van der Waals surface area (Å²) in [5.74, 6) is -0.0560. The number of aromatic nitrogens is 2. The molecular formula is C13H19N3O2. The molecule has 2 N–H and O–H groups in total. The molecule has 0 bridgehead atoms. The molecule has 0 saturated heterocycles. The van der Waals surface area contributed by atoms with Crippen LogP contribution in [0.4, 0.5) is 0 Å². The van der Waals surface area contributed by atoms with Gasteiger partial charge in [-0.15, -0.1) is 0 Å². The molecule has 0 aliphatic carbocycles. The Morgan fingerprint density at radius 1 is 1.44 bits per heavy atom. The van der Waals surface area contributed by atoms with E-state index in [1.165, 1.54) is 0 Å². The highest BCUT2D eigenvalue weighted by Gasteiger charge is 2.10. The fourth-order valence-corrected chi connectivity index (χ4v) is 1.70. The number of rotatable bonds is 5. The van der Waals surface area contributed by atoms with Crippen LogP contribution in [0.25, 0.3) is 0 Å². The summed E-state index contributed by atoms with van der Waals surface area (Å²) in [5, 5.41) is 2.83. The number of hydrogen-bond donors (Lipinski definition) is 2. The van der Waals surface area contributed by atoms with Crippen molar-refractivity contribution >= 4 is 5.91 Å². The van der Waals surface area contributed by atoms with Crippen molar-refractivity contribution in [1.82, 2.24) is 15.3 Å². The van der Waals surface area contributed by atoms with E-state index in [2.05, 4.69) is 15.3 Å². The van der Waals surface area contributed by atoms with Crippen LogP contribution in [-0.2, 0) is 11.2 Å². The minimum Gasteiger partial charge on any atom is -0.356 e. The van der Waals surface area contributed by atoms with Gasteiger partial charge < -0.3 is 10.3 Å². The summed E-state index contributed by atoms with van der Waals surface area (Å²) in [6, 6.07) is 0. The van der Waals surface area contributed by atoms with E-state index in [9.17, 15) is 9.59 Å². The summed E-state index contributed by atoms with van der Waals surface area (Å²) in [6.45, 7) is 6.09. The maximum Gasteiger partial charge on any atom is 0.345 e. The normalized spacial score (nSPS) is 10.8. The van der Waals surface area contributed by atoms with Crippen LogP contribution < -0.4 is 11.0 Å². The number of carbonyl (C=O) groups is 1. The molecule has 0 spiro atoms. The van der Waals surface area contributed by atoms with Gasteiger partial charge >= 0.3 is 5.69 Å². The molecule has 0 aliphatic heterocycles. The van der Waals surface area contributed by atoms with E-state index in [1.54, 1.807) is 13.8 Å². The van der Waals surface area contributed by atoms with Crippen LogP contribution in [0.2, 0.25) is 0 Å². The lowest BCUT2D eigenvalue weighted by molar-refractivity contribution is -0.120. The molecule has 1 heterocycles. The molecule has 5 nitrogen and oxygen atoms in total. The zero-order valence-electron chi connectivity index (χ0n) is 11.0. The lowest BCUT2D eigenvalue weighted by Crippen LogP contribution is -2.27. The number of nitrogens with zero attached hydrogens (tertiary/aromatic N) is 1. The zero-order valence-corrected chi connectivity index (χ0v) is 11.0. The van der Waals surface area contributed by atoms with E-state index < -0.39 is 0 Å². The molecule has 1 aromatic heterocycles. The standard InChI is InChI=1S/C13H19N3O2/c1-4-5-6-7-14-12(17)8-11-9(2)15-13(18)16-10(11)3/h4-5H,6-8H2,1-3H3,(H,14,17)(H,15,16,18)/b5-4+. The first-order valence-corrected chi connectivity index (χ1v) is 5.99. The minimum atomic E-state index is -0.373. The fourth-order valence-electron chi connectivity index (χ4n) is 1.70. The average molecular weight is 249 g/mol. The van der Waals surface area contributed by atoms with Crippen LogP contribution in [0.5, 0.6) is 0 Å². The molecule has 1 rings (SSSR count). The van der Waals surface area contributed by atoms with Gasteiger partial charge in [0.2, 0.25) is 5.91 Å². The number of aryl methyl sites for hydroxylation is 2. The zero-order chi connectivity index (χ0) is 13.5. The van der Waals surface area contributed by atoms with Gasteiger partial charge in [0, 0.05) is 23.5 Å². The predicted octanol–water partition coefficient (Wildman–Crippen LogP) is 1.01. The summed E-state index contributed by atoms with van der Waals surface area (Å²) < 4.78 is 0. The molecule has 0 fully saturated rings. The van der Waals surface area contributed by atoms with Gasteiger partial charge in [-0.05, 0) is 27.2 Å². The van der Waals surface area contributed by atoms with Crippen molar-refractivity contribution in [3.05, 3.63) is 39.6 Å². The minimum absolute atomic E-state index is 0.0560. The predicted molar refractivity (Wildman–Crippen MR) is 70.5 cm³/mol. The molecule has 0 aromatic carbocycles. The summed E-state index contributed by atoms with van der Waals surface area (Å²) in [4.78, 5) is 29.2. The van der Waals surface area contributed by atoms with Crippen molar-refractivity contribution < 1.29 is 4.79 Å². The molecule has 1 aromatic rings. The van der Waals surface area contributed by atoms with Crippen molar-refractivity contribution in [3.63, 3.8) is 0 Å². The highest BCUT2D eigenvalue weighted by molar-refractivity contribution is 5.79. The smallest absolute Gasteiger partial charge is 0.345 e. The SMILES string of the molecule is C/C=C/CCNC(=O)Cc1c(C)nc(=O)[nH]c1C. The maximum absolute atomic E-state index is 11.7. The molecule has 0 unspecified atom stereocenters. The monoisotopic (exact) mass is 249 g/mol. The first-order valence-electron chi connectivity index (χ1n) is 5.99. The van der Waals surface area contributed by atoms with Crippen molar-refractivity contribution in [2.75, 3.05) is 6.54 Å². The van der Waals surface area contributed by atoms with Gasteiger partial charge in [-0.2, -0.15) is 4.98 Å². The molecule has 1 amide bonds. The number of H-pyrrole nitrogens is 1. The molecular weight excluding hydrogens is 230 g/mol. The maximum atomic E-state index is 11.7. The van der Waals surface area contributed by atoms with Crippen LogP contribution in [0.15, 0.2) is 16.9 Å². The van der Waals surface area contributed by atoms with Crippen LogP contribution in [0, 0.1) is 13.8 Å². The molecule has 98 valence electrons. The Morgan fingerprint density at radius 2 is 2.17 bits per heavy atom. The molecule has 0 atom stereocenters. The van der Waals surface area contributed by atoms with Crippen molar-refractivity contribution in [1.29, 1.82) is 0 Å². The third-order valence-corrected chi connectivity index (χ3v) is 2.66. The summed E-state index contributed by atoms with van der Waals surface area (Å²) in [6.07, 6.45) is 5.02. The van der Waals surface area contributed by atoms with Crippen LogP contribution in [0.1, 0.15) is 30.3 Å². The third kappa shape index (κ3) is 4.16. The molecule has 0 radical (unpaired) electrons. The van der Waals surface area contributed by atoms with E-state index in [1.807, 2.05) is 19.1 Å². The van der Waals surface area contributed by atoms with Crippen molar-refractivity contribution in [2.24, 2.45) is 0 Å². The lowest BCUT2D eigenvalue weighted by Gasteiger charge is -2.08. The second-order valence-electron chi connectivity index (χ2n) is 4.12. The Morgan fingerprint density at radius 3 is 2.78 bits per heavy atom. The van der Waals surface area contributed by atoms with Crippen LogP contribution in [0.3, 0.4) is 0 Å². The molecule has 5 heteroatoms. The number of hydrogen-bond acceptors (Lipinski definition) is 3. The topological polar surface area (TPSA) is 74.8 Å². The average Bonchev–Trinajstić information content (AvgIpc) is 2.29. The van der Waals surface area contributed by atoms with Gasteiger partial charge in [0.25, 0.3) is 0 Å². The second-order valence-corrected chi connectivity index (χ2v) is 4.12. The summed E-state index contributed by atoms with van der Waals surface area (Å²) in [7, 11) is 0. The highest BCUT2D eigenvalue weighted by Crippen LogP contribution is 2.07. The number of carbonyl (C=O) groups excluding carboxylic acids is 1. The number of allylic oxidation sites excluding steroid dienone is 1. The Labute approximate surface area is 106 Å². The second kappa shape index (κ2) is 6.74. The highest BCUT2D eigenvalue weighted by atomic mass is 16.1. The Balaban J connectivity index is 2.62. The number of nitrogens with one attached hydrogen (secondary N) is 2. The Kier molecular flexibility index (Phi) is 5.30.